The lowest BCUT2D eigenvalue weighted by Crippen LogP contribution is -2.19. The summed E-state index contributed by atoms with van der Waals surface area (Å²) >= 11 is 9.32. The van der Waals surface area contributed by atoms with Gasteiger partial charge >= 0.3 is 0 Å². The van der Waals surface area contributed by atoms with E-state index in [9.17, 15) is 0 Å². The van der Waals surface area contributed by atoms with Crippen LogP contribution >= 0.6 is 27.5 Å². The smallest absolute Gasteiger partial charge is 0.0550 e. The van der Waals surface area contributed by atoms with Gasteiger partial charge in [-0.2, -0.15) is 0 Å². The zero-order valence-corrected chi connectivity index (χ0v) is 10.7. The summed E-state index contributed by atoms with van der Waals surface area (Å²) in [4.78, 5) is 0. The first-order chi connectivity index (χ1) is 6.44. The van der Waals surface area contributed by atoms with Crippen molar-refractivity contribution in [2.45, 2.75) is 20.3 Å². The van der Waals surface area contributed by atoms with Gasteiger partial charge in [-0.05, 0) is 45.5 Å². The van der Waals surface area contributed by atoms with Gasteiger partial charge in [0.2, 0.25) is 0 Å². The van der Waals surface area contributed by atoms with E-state index in [1.54, 1.807) is 0 Å². The van der Waals surface area contributed by atoms with E-state index in [1.165, 1.54) is 0 Å². The molecule has 0 saturated heterocycles. The first kappa shape index (κ1) is 12.0. The molecule has 0 fully saturated rings. The van der Waals surface area contributed by atoms with E-state index in [0.717, 1.165) is 21.5 Å². The van der Waals surface area contributed by atoms with Gasteiger partial charge in [0.05, 0.1) is 5.02 Å². The highest BCUT2D eigenvalue weighted by atomic mass is 79.9. The molecule has 3 heteroatoms. The molecule has 1 aromatic carbocycles. The summed E-state index contributed by atoms with van der Waals surface area (Å²) in [5.74, 6) is 0. The molecule has 14 heavy (non-hydrogen) atoms. The topological polar surface area (TPSA) is 20.2 Å². The fraction of sp³-hybridized carbons (Fsp3) is 0.455. The summed E-state index contributed by atoms with van der Waals surface area (Å²) in [6, 6.07) is 5.89. The summed E-state index contributed by atoms with van der Waals surface area (Å²) in [5.41, 5.74) is 1.06. The number of halogens is 2. The average Bonchev–Trinajstić information content (AvgIpc) is 2.11. The molecule has 0 saturated carbocycles. The van der Waals surface area contributed by atoms with Gasteiger partial charge in [0, 0.05) is 11.1 Å². The molecule has 0 spiro atoms. The summed E-state index contributed by atoms with van der Waals surface area (Å²) in [6.07, 6.45) is 0.830. The SMILES string of the molecule is CC(C)(CO)Cc1ccc(Br)c(Cl)c1. The first-order valence-electron chi connectivity index (χ1n) is 4.49. The van der Waals surface area contributed by atoms with Crippen molar-refractivity contribution in [3.8, 4) is 0 Å². The lowest BCUT2D eigenvalue weighted by atomic mass is 9.87. The van der Waals surface area contributed by atoms with Crippen molar-refractivity contribution in [1.29, 1.82) is 0 Å². The van der Waals surface area contributed by atoms with Crippen molar-refractivity contribution >= 4 is 27.5 Å². The van der Waals surface area contributed by atoms with Crippen molar-refractivity contribution in [2.75, 3.05) is 6.61 Å². The molecule has 0 aliphatic carbocycles. The van der Waals surface area contributed by atoms with Crippen molar-refractivity contribution in [3.63, 3.8) is 0 Å². The van der Waals surface area contributed by atoms with Crippen LogP contribution in [0.3, 0.4) is 0 Å². The second kappa shape index (κ2) is 4.65. The Hall–Kier alpha value is -0.0500. The van der Waals surface area contributed by atoms with Crippen LogP contribution in [0.1, 0.15) is 19.4 Å². The molecule has 0 atom stereocenters. The van der Waals surface area contributed by atoms with Gasteiger partial charge in [0.1, 0.15) is 0 Å². The van der Waals surface area contributed by atoms with Crippen molar-refractivity contribution in [2.24, 2.45) is 5.41 Å². The molecular formula is C11H14BrClO. The van der Waals surface area contributed by atoms with Crippen LogP contribution < -0.4 is 0 Å². The maximum Gasteiger partial charge on any atom is 0.0550 e. The number of hydrogen-bond donors (Lipinski definition) is 1. The van der Waals surface area contributed by atoms with Crippen LogP contribution in [0, 0.1) is 5.41 Å². The normalized spacial score (nSPS) is 11.8. The Morgan fingerprint density at radius 3 is 2.57 bits per heavy atom. The molecule has 0 aromatic heterocycles. The Morgan fingerprint density at radius 2 is 2.07 bits per heavy atom. The summed E-state index contributed by atoms with van der Waals surface area (Å²) in [6.45, 7) is 4.24. The van der Waals surface area contributed by atoms with Crippen molar-refractivity contribution in [3.05, 3.63) is 33.3 Å². The quantitative estimate of drug-likeness (QED) is 0.894. The zero-order chi connectivity index (χ0) is 10.8. The van der Waals surface area contributed by atoms with E-state index in [4.69, 9.17) is 16.7 Å². The largest absolute Gasteiger partial charge is 0.396 e. The van der Waals surface area contributed by atoms with E-state index in [0.29, 0.717) is 0 Å². The summed E-state index contributed by atoms with van der Waals surface area (Å²) in [5, 5.41) is 9.86. The van der Waals surface area contributed by atoms with Gasteiger partial charge in [-0.1, -0.05) is 31.5 Å². The van der Waals surface area contributed by atoms with Crippen molar-refractivity contribution < 1.29 is 5.11 Å². The van der Waals surface area contributed by atoms with Crippen LogP contribution in [-0.2, 0) is 6.42 Å². The Kier molecular flexibility index (Phi) is 3.99. The predicted octanol–water partition coefficient (Wildman–Crippen LogP) is 3.66. The average molecular weight is 278 g/mol. The number of rotatable bonds is 3. The van der Waals surface area contributed by atoms with Gasteiger partial charge in [-0.15, -0.1) is 0 Å². The van der Waals surface area contributed by atoms with Crippen LogP contribution in [0.2, 0.25) is 5.02 Å². The minimum Gasteiger partial charge on any atom is -0.396 e. The second-order valence-electron chi connectivity index (χ2n) is 4.25. The van der Waals surface area contributed by atoms with E-state index in [-0.39, 0.29) is 12.0 Å². The van der Waals surface area contributed by atoms with Crippen LogP contribution in [0.4, 0.5) is 0 Å². The van der Waals surface area contributed by atoms with Gasteiger partial charge in [0.25, 0.3) is 0 Å². The van der Waals surface area contributed by atoms with Crippen molar-refractivity contribution in [1.82, 2.24) is 0 Å². The number of aliphatic hydroxyl groups excluding tert-OH is 1. The van der Waals surface area contributed by atoms with E-state index >= 15 is 0 Å². The molecular weight excluding hydrogens is 263 g/mol. The maximum atomic E-state index is 9.14. The first-order valence-corrected chi connectivity index (χ1v) is 5.66. The third-order valence-corrected chi connectivity index (χ3v) is 3.33. The fourth-order valence-corrected chi connectivity index (χ4v) is 1.71. The molecule has 0 unspecified atom stereocenters. The highest BCUT2D eigenvalue weighted by molar-refractivity contribution is 9.10. The molecule has 1 nitrogen and oxygen atoms in total. The minimum absolute atomic E-state index is 0.0862. The molecule has 1 aromatic rings. The Labute approximate surface area is 98.2 Å². The fourth-order valence-electron chi connectivity index (χ4n) is 1.26. The van der Waals surface area contributed by atoms with Crippen LogP contribution in [0.25, 0.3) is 0 Å². The predicted molar refractivity (Wildman–Crippen MR) is 63.7 cm³/mol. The third-order valence-electron chi connectivity index (χ3n) is 2.09. The highest BCUT2D eigenvalue weighted by Gasteiger charge is 2.17. The van der Waals surface area contributed by atoms with Crippen LogP contribution in [0.5, 0.6) is 0 Å². The molecule has 78 valence electrons. The van der Waals surface area contributed by atoms with E-state index in [1.807, 2.05) is 32.0 Å². The van der Waals surface area contributed by atoms with E-state index in [2.05, 4.69) is 15.9 Å². The lowest BCUT2D eigenvalue weighted by Gasteiger charge is -2.21. The monoisotopic (exact) mass is 276 g/mol. The van der Waals surface area contributed by atoms with Gasteiger partial charge in [-0.3, -0.25) is 0 Å². The summed E-state index contributed by atoms with van der Waals surface area (Å²) < 4.78 is 0.907. The van der Waals surface area contributed by atoms with Crippen LogP contribution in [-0.4, -0.2) is 11.7 Å². The zero-order valence-electron chi connectivity index (χ0n) is 8.35. The number of hydrogen-bond acceptors (Lipinski definition) is 1. The Balaban J connectivity index is 2.83. The number of aliphatic hydroxyl groups is 1. The third kappa shape index (κ3) is 3.26. The molecule has 1 N–H and O–H groups in total. The molecule has 0 aliphatic rings. The molecule has 0 heterocycles. The Bertz CT molecular complexity index is 323. The van der Waals surface area contributed by atoms with Gasteiger partial charge in [-0.25, -0.2) is 0 Å². The standard InChI is InChI=1S/C11H14BrClO/c1-11(2,7-14)6-8-3-4-9(12)10(13)5-8/h3-5,14H,6-7H2,1-2H3. The van der Waals surface area contributed by atoms with Crippen LogP contribution in [0.15, 0.2) is 22.7 Å². The van der Waals surface area contributed by atoms with E-state index < -0.39 is 0 Å². The molecule has 0 radical (unpaired) electrons. The number of benzene rings is 1. The Morgan fingerprint density at radius 1 is 1.43 bits per heavy atom. The molecule has 0 aliphatic heterocycles. The molecule has 1 rings (SSSR count). The molecule has 0 amide bonds. The lowest BCUT2D eigenvalue weighted by molar-refractivity contribution is 0.159. The second-order valence-corrected chi connectivity index (χ2v) is 5.51. The molecule has 0 bridgehead atoms. The van der Waals surface area contributed by atoms with Gasteiger partial charge < -0.3 is 5.11 Å². The minimum atomic E-state index is -0.0862. The maximum absolute atomic E-state index is 9.14. The summed E-state index contributed by atoms with van der Waals surface area (Å²) in [7, 11) is 0. The highest BCUT2D eigenvalue weighted by Crippen LogP contribution is 2.27. The van der Waals surface area contributed by atoms with Gasteiger partial charge in [0.15, 0.2) is 0 Å².